The molecule has 4 heteroatoms. The Kier molecular flexibility index (Phi) is 2.55. The van der Waals surface area contributed by atoms with Crippen molar-refractivity contribution >= 4 is 11.9 Å². The van der Waals surface area contributed by atoms with Gasteiger partial charge in [0.2, 0.25) is 0 Å². The van der Waals surface area contributed by atoms with Gasteiger partial charge in [-0.2, -0.15) is 0 Å². The molecule has 4 nitrogen and oxygen atoms in total. The summed E-state index contributed by atoms with van der Waals surface area (Å²) >= 11 is 0. The van der Waals surface area contributed by atoms with E-state index in [1.807, 2.05) is 0 Å². The molecule has 80 valence electrons. The van der Waals surface area contributed by atoms with Crippen molar-refractivity contribution in [3.05, 3.63) is 60.1 Å². The molecule has 0 saturated carbocycles. The van der Waals surface area contributed by atoms with Crippen LogP contribution < -0.4 is 0 Å². The molecule has 0 N–H and O–H groups in total. The fourth-order valence-corrected chi connectivity index (χ4v) is 1.32. The van der Waals surface area contributed by atoms with E-state index in [0.717, 1.165) is 0 Å². The van der Waals surface area contributed by atoms with Crippen molar-refractivity contribution in [2.45, 2.75) is 0 Å². The summed E-state index contributed by atoms with van der Waals surface area (Å²) in [7, 11) is 0. The predicted octanol–water partition coefficient (Wildman–Crippen LogP) is 2.04. The lowest BCUT2D eigenvalue weighted by molar-refractivity contribution is 0.0278. The molecule has 2 rings (SSSR count). The molecule has 0 saturated heterocycles. The van der Waals surface area contributed by atoms with Gasteiger partial charge in [-0.05, 0) is 12.1 Å². The first-order valence-electron chi connectivity index (χ1n) is 4.58. The van der Waals surface area contributed by atoms with Crippen LogP contribution in [0, 0.1) is 0 Å². The number of fused-ring (bicyclic) bond motifs is 1. The topological polar surface area (TPSA) is 52.6 Å². The first kappa shape index (κ1) is 10.2. The van der Waals surface area contributed by atoms with E-state index in [1.165, 1.54) is 24.3 Å². The minimum atomic E-state index is -0.616. The number of hydrogen-bond donors (Lipinski definition) is 0. The van der Waals surface area contributed by atoms with Crippen molar-refractivity contribution in [3.8, 4) is 0 Å². The molecule has 0 bridgehead atoms. The Morgan fingerprint density at radius 2 is 1.50 bits per heavy atom. The lowest BCUT2D eigenvalue weighted by Gasteiger charge is -2.01. The first-order chi connectivity index (χ1) is 7.72. The van der Waals surface area contributed by atoms with Crippen LogP contribution in [0.1, 0.15) is 20.7 Å². The molecular formula is C12H8O4. The van der Waals surface area contributed by atoms with E-state index in [0.29, 0.717) is 0 Å². The van der Waals surface area contributed by atoms with Crippen molar-refractivity contribution in [2.75, 3.05) is 0 Å². The van der Waals surface area contributed by atoms with Crippen molar-refractivity contribution in [3.63, 3.8) is 0 Å². The molecule has 0 radical (unpaired) electrons. The summed E-state index contributed by atoms with van der Waals surface area (Å²) in [5, 5.41) is 0. The highest BCUT2D eigenvalue weighted by atomic mass is 16.7. The van der Waals surface area contributed by atoms with Crippen LogP contribution in [0.2, 0.25) is 0 Å². The van der Waals surface area contributed by atoms with Crippen LogP contribution in [-0.2, 0) is 9.47 Å². The summed E-state index contributed by atoms with van der Waals surface area (Å²) in [5.74, 6) is -1.40. The Morgan fingerprint density at radius 1 is 1.00 bits per heavy atom. The number of cyclic esters (lactones) is 2. The standard InChI is InChI=1S/C12H8O4/c1-2-5-10-15-11(13)8-6-3-4-7-9(8)12(14)16-10/h2-7H,1H2. The molecule has 16 heavy (non-hydrogen) atoms. The second kappa shape index (κ2) is 4.02. The molecule has 0 fully saturated rings. The molecule has 1 heterocycles. The van der Waals surface area contributed by atoms with Gasteiger partial charge in [-0.3, -0.25) is 0 Å². The number of carbonyl (C=O) groups is 2. The summed E-state index contributed by atoms with van der Waals surface area (Å²) in [6, 6.07) is 6.32. The van der Waals surface area contributed by atoms with E-state index >= 15 is 0 Å². The molecule has 1 aromatic rings. The monoisotopic (exact) mass is 216 g/mol. The van der Waals surface area contributed by atoms with E-state index in [1.54, 1.807) is 12.1 Å². The third-order valence-electron chi connectivity index (χ3n) is 2.01. The lowest BCUT2D eigenvalue weighted by Crippen LogP contribution is -2.04. The van der Waals surface area contributed by atoms with Crippen LogP contribution in [0.3, 0.4) is 0 Å². The Bertz CT molecular complexity index is 460. The summed E-state index contributed by atoms with van der Waals surface area (Å²) in [5.41, 5.74) is 0.389. The third-order valence-corrected chi connectivity index (χ3v) is 2.01. The van der Waals surface area contributed by atoms with Crippen LogP contribution in [0.5, 0.6) is 0 Å². The molecule has 0 amide bonds. The molecule has 1 aromatic carbocycles. The Labute approximate surface area is 91.8 Å². The maximum atomic E-state index is 11.6. The van der Waals surface area contributed by atoms with Gasteiger partial charge >= 0.3 is 11.9 Å². The lowest BCUT2D eigenvalue weighted by atomic mass is 10.1. The second-order valence-corrected chi connectivity index (χ2v) is 3.05. The van der Waals surface area contributed by atoms with Crippen molar-refractivity contribution in [2.24, 2.45) is 0 Å². The fraction of sp³-hybridized carbons (Fsp3) is 0. The number of esters is 2. The number of allylic oxidation sites excluding steroid dienone is 2. The molecule has 0 spiro atoms. The van der Waals surface area contributed by atoms with Gasteiger partial charge in [0.1, 0.15) is 0 Å². The highest BCUT2D eigenvalue weighted by Gasteiger charge is 2.26. The minimum absolute atomic E-state index is 0.166. The molecular weight excluding hydrogens is 208 g/mol. The SMILES string of the molecule is C=CC=C1OC(=O)c2ccccc2C(=O)O1. The number of hydrogen-bond acceptors (Lipinski definition) is 4. The maximum absolute atomic E-state index is 11.6. The molecule has 0 atom stereocenters. The summed E-state index contributed by atoms with van der Waals surface area (Å²) in [4.78, 5) is 23.2. The number of carbonyl (C=O) groups excluding carboxylic acids is 2. The van der Waals surface area contributed by atoms with Crippen molar-refractivity contribution < 1.29 is 19.1 Å². The third kappa shape index (κ3) is 1.72. The van der Waals surface area contributed by atoms with Gasteiger partial charge in [-0.1, -0.05) is 24.8 Å². The minimum Gasteiger partial charge on any atom is -0.389 e. The van der Waals surface area contributed by atoms with Crippen LogP contribution in [0.4, 0.5) is 0 Å². The van der Waals surface area contributed by atoms with Gasteiger partial charge in [0.25, 0.3) is 5.95 Å². The quantitative estimate of drug-likeness (QED) is 0.674. The molecule has 0 unspecified atom stereocenters. The van der Waals surface area contributed by atoms with Crippen molar-refractivity contribution in [1.82, 2.24) is 0 Å². The van der Waals surface area contributed by atoms with Crippen LogP contribution in [0.25, 0.3) is 0 Å². The summed E-state index contributed by atoms with van der Waals surface area (Å²) < 4.78 is 9.71. The number of benzene rings is 1. The number of rotatable bonds is 1. The summed E-state index contributed by atoms with van der Waals surface area (Å²) in [6.07, 6.45) is 2.67. The zero-order valence-corrected chi connectivity index (χ0v) is 8.30. The highest BCUT2D eigenvalue weighted by Crippen LogP contribution is 2.19. The predicted molar refractivity (Wildman–Crippen MR) is 55.6 cm³/mol. The highest BCUT2D eigenvalue weighted by molar-refractivity contribution is 6.04. The Hall–Kier alpha value is -2.36. The zero-order valence-electron chi connectivity index (χ0n) is 8.30. The normalized spacial score (nSPS) is 14.4. The van der Waals surface area contributed by atoms with E-state index in [-0.39, 0.29) is 17.1 Å². The van der Waals surface area contributed by atoms with Gasteiger partial charge in [0.05, 0.1) is 11.1 Å². The van der Waals surface area contributed by atoms with Gasteiger partial charge in [-0.15, -0.1) is 0 Å². The second-order valence-electron chi connectivity index (χ2n) is 3.05. The van der Waals surface area contributed by atoms with Gasteiger partial charge in [0.15, 0.2) is 0 Å². The first-order valence-corrected chi connectivity index (χ1v) is 4.58. The van der Waals surface area contributed by atoms with Crippen LogP contribution in [0.15, 0.2) is 48.9 Å². The average molecular weight is 216 g/mol. The van der Waals surface area contributed by atoms with Crippen LogP contribution >= 0.6 is 0 Å². The smallest absolute Gasteiger partial charge is 0.346 e. The average Bonchev–Trinajstić information content (AvgIpc) is 2.39. The Morgan fingerprint density at radius 3 is 1.94 bits per heavy atom. The van der Waals surface area contributed by atoms with E-state index < -0.39 is 11.9 Å². The molecule has 0 aromatic heterocycles. The van der Waals surface area contributed by atoms with E-state index in [2.05, 4.69) is 6.58 Å². The van der Waals surface area contributed by atoms with Crippen molar-refractivity contribution in [1.29, 1.82) is 0 Å². The van der Waals surface area contributed by atoms with Crippen LogP contribution in [-0.4, -0.2) is 11.9 Å². The maximum Gasteiger partial charge on any atom is 0.346 e. The molecule has 1 aliphatic heterocycles. The van der Waals surface area contributed by atoms with Gasteiger partial charge < -0.3 is 9.47 Å². The van der Waals surface area contributed by atoms with E-state index in [9.17, 15) is 9.59 Å². The molecule has 0 aliphatic carbocycles. The molecule has 1 aliphatic rings. The largest absolute Gasteiger partial charge is 0.389 e. The van der Waals surface area contributed by atoms with Gasteiger partial charge in [0, 0.05) is 6.08 Å². The Balaban J connectivity index is 2.49. The van der Waals surface area contributed by atoms with E-state index in [4.69, 9.17) is 9.47 Å². The van der Waals surface area contributed by atoms with Gasteiger partial charge in [-0.25, -0.2) is 9.59 Å². The summed E-state index contributed by atoms with van der Waals surface area (Å²) in [6.45, 7) is 3.43. The zero-order chi connectivity index (χ0) is 11.5. The fourth-order valence-electron chi connectivity index (χ4n) is 1.32. The number of ether oxygens (including phenoxy) is 2.